The standard InChI is InChI=1S/C11H11BrN4O/c1-7-3-10(16(2)15-7)14-11(17)8-4-9(12)6-13-5-8/h3-6H,1-2H3,(H,14,17). The Hall–Kier alpha value is -1.69. The molecule has 1 N–H and O–H groups in total. The Morgan fingerprint density at radius 3 is 2.76 bits per heavy atom. The SMILES string of the molecule is Cc1cc(NC(=O)c2cncc(Br)c2)n(C)n1. The quantitative estimate of drug-likeness (QED) is 0.923. The van der Waals surface area contributed by atoms with Gasteiger partial charge in [-0.05, 0) is 28.9 Å². The molecule has 17 heavy (non-hydrogen) atoms. The van der Waals surface area contributed by atoms with E-state index in [9.17, 15) is 4.79 Å². The maximum Gasteiger partial charge on any atom is 0.258 e. The molecule has 88 valence electrons. The van der Waals surface area contributed by atoms with Gasteiger partial charge in [0.1, 0.15) is 5.82 Å². The van der Waals surface area contributed by atoms with Crippen LogP contribution in [0.1, 0.15) is 16.1 Å². The van der Waals surface area contributed by atoms with E-state index in [1.54, 1.807) is 24.0 Å². The van der Waals surface area contributed by atoms with Gasteiger partial charge in [0.25, 0.3) is 5.91 Å². The highest BCUT2D eigenvalue weighted by molar-refractivity contribution is 9.10. The summed E-state index contributed by atoms with van der Waals surface area (Å²) in [6, 6.07) is 3.52. The summed E-state index contributed by atoms with van der Waals surface area (Å²) < 4.78 is 2.39. The number of hydrogen-bond acceptors (Lipinski definition) is 3. The van der Waals surface area contributed by atoms with Crippen molar-refractivity contribution < 1.29 is 4.79 Å². The first kappa shape index (κ1) is 11.8. The number of aryl methyl sites for hydroxylation is 2. The van der Waals surface area contributed by atoms with Crippen molar-refractivity contribution in [3.63, 3.8) is 0 Å². The van der Waals surface area contributed by atoms with E-state index in [2.05, 4.69) is 31.3 Å². The third kappa shape index (κ3) is 2.71. The molecule has 0 aliphatic heterocycles. The number of halogens is 1. The van der Waals surface area contributed by atoms with Crippen molar-refractivity contribution in [1.82, 2.24) is 14.8 Å². The van der Waals surface area contributed by atoms with Crippen LogP contribution in [0.2, 0.25) is 0 Å². The van der Waals surface area contributed by atoms with Crippen molar-refractivity contribution in [3.05, 3.63) is 40.3 Å². The molecule has 0 atom stereocenters. The summed E-state index contributed by atoms with van der Waals surface area (Å²) in [5.41, 5.74) is 1.35. The second-order valence-corrected chi connectivity index (χ2v) is 4.56. The van der Waals surface area contributed by atoms with Crippen LogP contribution in [0.25, 0.3) is 0 Å². The summed E-state index contributed by atoms with van der Waals surface area (Å²) in [7, 11) is 1.78. The molecule has 6 heteroatoms. The maximum atomic E-state index is 11.9. The summed E-state index contributed by atoms with van der Waals surface area (Å²) in [5.74, 6) is 0.453. The Morgan fingerprint density at radius 1 is 1.41 bits per heavy atom. The fraction of sp³-hybridized carbons (Fsp3) is 0.182. The molecule has 0 aliphatic rings. The van der Waals surface area contributed by atoms with Gasteiger partial charge in [0.05, 0.1) is 11.3 Å². The number of aromatic nitrogens is 3. The van der Waals surface area contributed by atoms with E-state index in [0.717, 1.165) is 10.2 Å². The fourth-order valence-corrected chi connectivity index (χ4v) is 1.82. The second-order valence-electron chi connectivity index (χ2n) is 3.64. The molecule has 0 spiro atoms. The normalized spacial score (nSPS) is 10.3. The van der Waals surface area contributed by atoms with Crippen LogP contribution in [-0.4, -0.2) is 20.7 Å². The minimum absolute atomic E-state index is 0.207. The Morgan fingerprint density at radius 2 is 2.18 bits per heavy atom. The van der Waals surface area contributed by atoms with Crippen molar-refractivity contribution in [2.75, 3.05) is 5.32 Å². The van der Waals surface area contributed by atoms with Crippen LogP contribution in [0.15, 0.2) is 29.0 Å². The van der Waals surface area contributed by atoms with E-state index in [1.807, 2.05) is 13.0 Å². The lowest BCUT2D eigenvalue weighted by Crippen LogP contribution is -2.14. The number of amides is 1. The number of pyridine rings is 1. The lowest BCUT2D eigenvalue weighted by molar-refractivity contribution is 0.102. The minimum Gasteiger partial charge on any atom is -0.307 e. The molecule has 0 saturated heterocycles. The number of hydrogen-bond donors (Lipinski definition) is 1. The Labute approximate surface area is 107 Å². The molecule has 0 bridgehead atoms. The van der Waals surface area contributed by atoms with Crippen molar-refractivity contribution in [3.8, 4) is 0 Å². The molecule has 5 nitrogen and oxygen atoms in total. The van der Waals surface area contributed by atoms with Gasteiger partial charge < -0.3 is 5.32 Å². The monoisotopic (exact) mass is 294 g/mol. The molecule has 1 amide bonds. The van der Waals surface area contributed by atoms with E-state index in [1.165, 1.54) is 6.20 Å². The van der Waals surface area contributed by atoms with Crippen LogP contribution in [0.4, 0.5) is 5.82 Å². The maximum absolute atomic E-state index is 11.9. The van der Waals surface area contributed by atoms with Crippen LogP contribution in [0.3, 0.4) is 0 Å². The summed E-state index contributed by atoms with van der Waals surface area (Å²) in [4.78, 5) is 15.9. The second kappa shape index (κ2) is 4.67. The number of carbonyl (C=O) groups excluding carboxylic acids is 1. The van der Waals surface area contributed by atoms with Crippen molar-refractivity contribution >= 4 is 27.7 Å². The van der Waals surface area contributed by atoms with Gasteiger partial charge in [-0.25, -0.2) is 0 Å². The number of rotatable bonds is 2. The molecule has 2 aromatic rings. The highest BCUT2D eigenvalue weighted by Gasteiger charge is 2.09. The fourth-order valence-electron chi connectivity index (χ4n) is 1.45. The molecular weight excluding hydrogens is 284 g/mol. The largest absolute Gasteiger partial charge is 0.307 e. The average Bonchev–Trinajstić information content (AvgIpc) is 2.57. The van der Waals surface area contributed by atoms with Gasteiger partial charge in [-0.15, -0.1) is 0 Å². The third-order valence-electron chi connectivity index (χ3n) is 2.21. The zero-order chi connectivity index (χ0) is 12.4. The lowest BCUT2D eigenvalue weighted by Gasteiger charge is -2.04. The molecule has 2 aromatic heterocycles. The summed E-state index contributed by atoms with van der Waals surface area (Å²) in [6.07, 6.45) is 3.15. The van der Waals surface area contributed by atoms with Crippen molar-refractivity contribution in [2.24, 2.45) is 7.05 Å². The number of anilines is 1. The van der Waals surface area contributed by atoms with Gasteiger partial charge in [0, 0.05) is 30.0 Å². The van der Waals surface area contributed by atoms with Crippen molar-refractivity contribution in [1.29, 1.82) is 0 Å². The molecule has 0 saturated carbocycles. The number of nitrogens with zero attached hydrogens (tertiary/aromatic N) is 3. The van der Waals surface area contributed by atoms with E-state index >= 15 is 0 Å². The van der Waals surface area contributed by atoms with E-state index in [0.29, 0.717) is 11.4 Å². The van der Waals surface area contributed by atoms with Gasteiger partial charge in [0.2, 0.25) is 0 Å². The van der Waals surface area contributed by atoms with Crippen LogP contribution < -0.4 is 5.32 Å². The third-order valence-corrected chi connectivity index (χ3v) is 2.64. The zero-order valence-electron chi connectivity index (χ0n) is 9.44. The molecule has 0 aromatic carbocycles. The molecule has 2 heterocycles. The van der Waals surface area contributed by atoms with Gasteiger partial charge in [-0.3, -0.25) is 14.5 Å². The predicted octanol–water partition coefficient (Wildman–Crippen LogP) is 2.14. The summed E-state index contributed by atoms with van der Waals surface area (Å²) in [5, 5.41) is 6.93. The zero-order valence-corrected chi connectivity index (χ0v) is 11.0. The van der Waals surface area contributed by atoms with Crippen LogP contribution in [-0.2, 0) is 7.05 Å². The van der Waals surface area contributed by atoms with Gasteiger partial charge in [-0.2, -0.15) is 5.10 Å². The van der Waals surface area contributed by atoms with Gasteiger partial charge >= 0.3 is 0 Å². The van der Waals surface area contributed by atoms with Crippen LogP contribution in [0.5, 0.6) is 0 Å². The molecule has 0 unspecified atom stereocenters. The highest BCUT2D eigenvalue weighted by atomic mass is 79.9. The topological polar surface area (TPSA) is 59.8 Å². The minimum atomic E-state index is -0.207. The predicted molar refractivity (Wildman–Crippen MR) is 67.8 cm³/mol. The number of carbonyl (C=O) groups is 1. The molecule has 0 radical (unpaired) electrons. The van der Waals surface area contributed by atoms with Crippen LogP contribution >= 0.6 is 15.9 Å². The molecule has 0 fully saturated rings. The van der Waals surface area contributed by atoms with E-state index in [4.69, 9.17) is 0 Å². The molecule has 0 aliphatic carbocycles. The first-order valence-corrected chi connectivity index (χ1v) is 5.78. The molecular formula is C11H11BrN4O. The highest BCUT2D eigenvalue weighted by Crippen LogP contribution is 2.13. The Balaban J connectivity index is 2.20. The van der Waals surface area contributed by atoms with E-state index < -0.39 is 0 Å². The first-order valence-electron chi connectivity index (χ1n) is 4.99. The number of nitrogens with one attached hydrogen (secondary N) is 1. The Kier molecular flexibility index (Phi) is 3.23. The smallest absolute Gasteiger partial charge is 0.258 e. The average molecular weight is 295 g/mol. The Bertz CT molecular complexity index is 564. The van der Waals surface area contributed by atoms with E-state index in [-0.39, 0.29) is 5.91 Å². The lowest BCUT2D eigenvalue weighted by atomic mass is 10.3. The first-order chi connectivity index (χ1) is 8.06. The van der Waals surface area contributed by atoms with Gasteiger partial charge in [-0.1, -0.05) is 0 Å². The van der Waals surface area contributed by atoms with Crippen molar-refractivity contribution in [2.45, 2.75) is 6.92 Å². The summed E-state index contributed by atoms with van der Waals surface area (Å²) in [6.45, 7) is 1.87. The van der Waals surface area contributed by atoms with Gasteiger partial charge in [0.15, 0.2) is 0 Å². The summed E-state index contributed by atoms with van der Waals surface area (Å²) >= 11 is 3.27. The van der Waals surface area contributed by atoms with Crippen LogP contribution in [0, 0.1) is 6.92 Å². The molecule has 2 rings (SSSR count).